The Kier molecular flexibility index (Phi) is 5.96. The van der Waals surface area contributed by atoms with Crippen LogP contribution in [0.4, 0.5) is 0 Å². The first kappa shape index (κ1) is 16.1. The van der Waals surface area contributed by atoms with Gasteiger partial charge in [0.15, 0.2) is 0 Å². The predicted molar refractivity (Wildman–Crippen MR) is 73.2 cm³/mol. The fraction of sp³-hybridized carbons (Fsp3) is 0.750. The normalized spacial score (nSPS) is 13.9. The van der Waals surface area contributed by atoms with Crippen LogP contribution in [0.1, 0.15) is 33.6 Å². The first-order chi connectivity index (χ1) is 8.97. The van der Waals surface area contributed by atoms with Gasteiger partial charge in [-0.15, -0.1) is 0 Å². The van der Waals surface area contributed by atoms with E-state index in [1.807, 2.05) is 20.8 Å². The van der Waals surface area contributed by atoms with Crippen molar-refractivity contribution in [2.45, 2.75) is 51.1 Å². The molecule has 0 spiro atoms. The molecule has 19 heavy (non-hydrogen) atoms. The summed E-state index contributed by atoms with van der Waals surface area (Å²) in [5, 5.41) is 12.8. The van der Waals surface area contributed by atoms with Crippen molar-refractivity contribution < 1.29 is 13.5 Å². The lowest BCUT2D eigenvalue weighted by Gasteiger charge is -2.25. The van der Waals surface area contributed by atoms with Gasteiger partial charge >= 0.3 is 0 Å². The summed E-state index contributed by atoms with van der Waals surface area (Å²) in [6.45, 7) is 6.72. The lowest BCUT2D eigenvalue weighted by atomic mass is 10.3. The molecule has 0 aliphatic rings. The van der Waals surface area contributed by atoms with Gasteiger partial charge in [0.05, 0.1) is 6.20 Å². The molecule has 0 radical (unpaired) electrons. The molecule has 110 valence electrons. The number of aryl methyl sites for hydroxylation is 1. The molecule has 1 unspecified atom stereocenters. The molecule has 0 amide bonds. The van der Waals surface area contributed by atoms with Gasteiger partial charge in [-0.1, -0.05) is 13.8 Å². The van der Waals surface area contributed by atoms with Crippen LogP contribution >= 0.6 is 0 Å². The van der Waals surface area contributed by atoms with Crippen molar-refractivity contribution in [1.29, 1.82) is 0 Å². The topological polar surface area (TPSA) is 75.4 Å². The van der Waals surface area contributed by atoms with Crippen molar-refractivity contribution in [3.05, 3.63) is 12.4 Å². The van der Waals surface area contributed by atoms with E-state index in [0.29, 0.717) is 19.5 Å². The van der Waals surface area contributed by atoms with E-state index in [4.69, 9.17) is 5.11 Å². The SMILES string of the molecule is CCC(C)N(CC)S(=O)(=O)c1cnn(CCCO)c1. The maximum absolute atomic E-state index is 12.5. The number of rotatable bonds is 8. The number of sulfonamides is 1. The molecule has 0 aliphatic carbocycles. The van der Waals surface area contributed by atoms with E-state index in [1.54, 1.807) is 4.68 Å². The summed E-state index contributed by atoms with van der Waals surface area (Å²) >= 11 is 0. The minimum Gasteiger partial charge on any atom is -0.396 e. The summed E-state index contributed by atoms with van der Waals surface area (Å²) in [5.74, 6) is 0. The van der Waals surface area contributed by atoms with Crippen molar-refractivity contribution in [1.82, 2.24) is 14.1 Å². The largest absolute Gasteiger partial charge is 0.396 e. The molecule has 0 aliphatic heterocycles. The smallest absolute Gasteiger partial charge is 0.246 e. The quantitative estimate of drug-likeness (QED) is 0.777. The first-order valence-electron chi connectivity index (χ1n) is 6.62. The zero-order valence-electron chi connectivity index (χ0n) is 11.8. The Bertz CT molecular complexity index is 484. The molecule has 1 aromatic heterocycles. The summed E-state index contributed by atoms with van der Waals surface area (Å²) in [5.41, 5.74) is 0. The molecule has 1 atom stereocenters. The van der Waals surface area contributed by atoms with Crippen molar-refractivity contribution in [3.8, 4) is 0 Å². The second kappa shape index (κ2) is 7.02. The van der Waals surface area contributed by atoms with Gasteiger partial charge in [0.1, 0.15) is 4.90 Å². The van der Waals surface area contributed by atoms with Crippen LogP contribution in [0.5, 0.6) is 0 Å². The molecule has 0 saturated carbocycles. The summed E-state index contributed by atoms with van der Waals surface area (Å²) in [4.78, 5) is 0.215. The van der Waals surface area contributed by atoms with Crippen LogP contribution in [-0.4, -0.2) is 46.8 Å². The number of aliphatic hydroxyl groups excluding tert-OH is 1. The highest BCUT2D eigenvalue weighted by Gasteiger charge is 2.27. The number of nitrogens with zero attached hydrogens (tertiary/aromatic N) is 3. The fourth-order valence-electron chi connectivity index (χ4n) is 1.89. The molecule has 6 nitrogen and oxygen atoms in total. The summed E-state index contributed by atoms with van der Waals surface area (Å²) < 4.78 is 28.0. The molecule has 1 heterocycles. The van der Waals surface area contributed by atoms with Gasteiger partial charge < -0.3 is 5.11 Å². The van der Waals surface area contributed by atoms with Gasteiger partial charge in [-0.25, -0.2) is 8.42 Å². The molecule has 7 heteroatoms. The third-order valence-electron chi connectivity index (χ3n) is 3.16. The minimum atomic E-state index is -3.48. The van der Waals surface area contributed by atoms with E-state index in [-0.39, 0.29) is 17.5 Å². The summed E-state index contributed by atoms with van der Waals surface area (Å²) in [7, 11) is -3.48. The second-order valence-corrected chi connectivity index (χ2v) is 6.37. The Balaban J connectivity index is 2.95. The minimum absolute atomic E-state index is 0.0317. The lowest BCUT2D eigenvalue weighted by molar-refractivity contribution is 0.277. The third kappa shape index (κ3) is 3.77. The average molecular weight is 289 g/mol. The molecule has 0 bridgehead atoms. The van der Waals surface area contributed by atoms with E-state index >= 15 is 0 Å². The standard InChI is InChI=1S/C12H23N3O3S/c1-4-11(3)15(5-2)19(17,18)12-9-13-14(10-12)7-6-8-16/h9-11,16H,4-8H2,1-3H3. The highest BCUT2D eigenvalue weighted by atomic mass is 32.2. The highest BCUT2D eigenvalue weighted by Crippen LogP contribution is 2.18. The second-order valence-electron chi connectivity index (χ2n) is 4.48. The average Bonchev–Trinajstić information content (AvgIpc) is 2.86. The van der Waals surface area contributed by atoms with Gasteiger partial charge in [0.25, 0.3) is 0 Å². The van der Waals surface area contributed by atoms with Crippen molar-refractivity contribution in [2.75, 3.05) is 13.2 Å². The van der Waals surface area contributed by atoms with Gasteiger partial charge in [-0.05, 0) is 19.8 Å². The zero-order valence-corrected chi connectivity index (χ0v) is 12.6. The maximum atomic E-state index is 12.5. The number of aromatic nitrogens is 2. The Morgan fingerprint density at radius 2 is 2.16 bits per heavy atom. The van der Waals surface area contributed by atoms with E-state index in [9.17, 15) is 8.42 Å². The van der Waals surface area contributed by atoms with Crippen molar-refractivity contribution in [2.24, 2.45) is 0 Å². The third-order valence-corrected chi connectivity index (χ3v) is 5.20. The molecule has 0 saturated heterocycles. The Morgan fingerprint density at radius 3 is 2.68 bits per heavy atom. The van der Waals surface area contributed by atoms with Gasteiger partial charge in [-0.3, -0.25) is 4.68 Å². The molecule has 1 N–H and O–H groups in total. The number of aliphatic hydroxyl groups is 1. The predicted octanol–water partition coefficient (Wildman–Crippen LogP) is 1.07. The van der Waals surface area contributed by atoms with Crippen molar-refractivity contribution >= 4 is 10.0 Å². The van der Waals surface area contributed by atoms with E-state index in [1.165, 1.54) is 16.7 Å². The van der Waals surface area contributed by atoms with E-state index in [0.717, 1.165) is 6.42 Å². The molecule has 0 fully saturated rings. The van der Waals surface area contributed by atoms with E-state index < -0.39 is 10.0 Å². The number of hydrogen-bond donors (Lipinski definition) is 1. The maximum Gasteiger partial charge on any atom is 0.246 e. The Morgan fingerprint density at radius 1 is 1.47 bits per heavy atom. The monoisotopic (exact) mass is 289 g/mol. The van der Waals surface area contributed by atoms with Crippen molar-refractivity contribution in [3.63, 3.8) is 0 Å². The highest BCUT2D eigenvalue weighted by molar-refractivity contribution is 7.89. The summed E-state index contributed by atoms with van der Waals surface area (Å²) in [6, 6.07) is -0.0317. The van der Waals surface area contributed by atoms with Crippen LogP contribution in [0.3, 0.4) is 0 Å². The molecular formula is C12H23N3O3S. The van der Waals surface area contributed by atoms with Gasteiger partial charge in [-0.2, -0.15) is 9.40 Å². The van der Waals surface area contributed by atoms with Crippen LogP contribution in [0, 0.1) is 0 Å². The van der Waals surface area contributed by atoms with Crippen LogP contribution in [0.25, 0.3) is 0 Å². The Hall–Kier alpha value is -0.920. The zero-order chi connectivity index (χ0) is 14.5. The molecule has 1 aromatic rings. The number of hydrogen-bond acceptors (Lipinski definition) is 4. The van der Waals surface area contributed by atoms with Crippen LogP contribution in [0.15, 0.2) is 17.3 Å². The summed E-state index contributed by atoms with van der Waals surface area (Å²) in [6.07, 6.45) is 4.23. The van der Waals surface area contributed by atoms with Gasteiger partial charge in [0, 0.05) is 31.9 Å². The van der Waals surface area contributed by atoms with E-state index in [2.05, 4.69) is 5.10 Å². The molecular weight excluding hydrogens is 266 g/mol. The Labute approximate surface area is 115 Å². The first-order valence-corrected chi connectivity index (χ1v) is 8.06. The van der Waals surface area contributed by atoms with Crippen LogP contribution in [-0.2, 0) is 16.6 Å². The van der Waals surface area contributed by atoms with Gasteiger partial charge in [0.2, 0.25) is 10.0 Å². The lowest BCUT2D eigenvalue weighted by Crippen LogP contribution is -2.37. The van der Waals surface area contributed by atoms with Crippen LogP contribution < -0.4 is 0 Å². The fourth-order valence-corrected chi connectivity index (χ4v) is 3.56. The molecule has 1 rings (SSSR count). The van der Waals surface area contributed by atoms with Crippen LogP contribution in [0.2, 0.25) is 0 Å². The molecule has 0 aromatic carbocycles.